The molecule has 138 valence electrons. The number of hydrogen-bond acceptors (Lipinski definition) is 6. The number of nitrogens with zero attached hydrogens (tertiary/aromatic N) is 2. The third-order valence-corrected chi connectivity index (χ3v) is 6.00. The zero-order valence-corrected chi connectivity index (χ0v) is 15.3. The topological polar surface area (TPSA) is 99.0 Å². The Balaban J connectivity index is 2.07. The minimum Gasteiger partial charge on any atom is -0.486 e. The summed E-state index contributed by atoms with van der Waals surface area (Å²) in [5, 5.41) is 11.1. The molecule has 0 aliphatic carbocycles. The van der Waals surface area contributed by atoms with Crippen LogP contribution in [0.15, 0.2) is 41.3 Å². The van der Waals surface area contributed by atoms with Crippen LogP contribution in [0.4, 0.5) is 11.4 Å². The summed E-state index contributed by atoms with van der Waals surface area (Å²) in [6, 6.07) is 7.95. The number of non-ortho nitro benzene ring substituents is 1. The highest BCUT2D eigenvalue weighted by molar-refractivity contribution is 7.92. The minimum absolute atomic E-state index is 0.0221. The van der Waals surface area contributed by atoms with E-state index in [-0.39, 0.29) is 27.8 Å². The van der Waals surface area contributed by atoms with E-state index in [0.717, 1.165) is 10.4 Å². The highest BCUT2D eigenvalue weighted by atomic mass is 35.5. The van der Waals surface area contributed by atoms with Crippen molar-refractivity contribution in [2.75, 3.05) is 24.1 Å². The average molecular weight is 399 g/mol. The fraction of sp³-hybridized carbons (Fsp3) is 0.250. The summed E-state index contributed by atoms with van der Waals surface area (Å²) in [4.78, 5) is 10.4. The first-order valence-corrected chi connectivity index (χ1v) is 9.52. The van der Waals surface area contributed by atoms with Gasteiger partial charge in [0.2, 0.25) is 0 Å². The normalized spacial score (nSPS) is 13.3. The summed E-state index contributed by atoms with van der Waals surface area (Å²) in [6.45, 7) is 2.37. The monoisotopic (exact) mass is 398 g/mol. The summed E-state index contributed by atoms with van der Waals surface area (Å²) in [5.41, 5.74) is -0.210. The number of ether oxygens (including phenoxy) is 2. The van der Waals surface area contributed by atoms with Gasteiger partial charge >= 0.3 is 0 Å². The van der Waals surface area contributed by atoms with E-state index in [1.54, 1.807) is 6.92 Å². The zero-order valence-electron chi connectivity index (χ0n) is 13.7. The first-order valence-electron chi connectivity index (χ1n) is 7.71. The Kier molecular flexibility index (Phi) is 4.92. The van der Waals surface area contributed by atoms with Gasteiger partial charge in [-0.15, -0.1) is 0 Å². The van der Waals surface area contributed by atoms with E-state index < -0.39 is 14.9 Å². The van der Waals surface area contributed by atoms with E-state index >= 15 is 0 Å². The molecule has 10 heteroatoms. The average Bonchev–Trinajstić information content (AvgIpc) is 2.63. The van der Waals surface area contributed by atoms with E-state index in [0.29, 0.717) is 24.7 Å². The Hall–Kier alpha value is -2.52. The molecule has 0 aromatic heterocycles. The lowest BCUT2D eigenvalue weighted by molar-refractivity contribution is -0.384. The van der Waals surface area contributed by atoms with Crippen molar-refractivity contribution in [3.05, 3.63) is 51.5 Å². The van der Waals surface area contributed by atoms with E-state index in [2.05, 4.69) is 0 Å². The molecule has 0 fully saturated rings. The molecule has 0 saturated carbocycles. The predicted octanol–water partition coefficient (Wildman–Crippen LogP) is 3.23. The molecule has 0 saturated heterocycles. The Morgan fingerprint density at radius 3 is 2.50 bits per heavy atom. The van der Waals surface area contributed by atoms with Gasteiger partial charge in [-0.3, -0.25) is 14.4 Å². The van der Waals surface area contributed by atoms with Crippen LogP contribution in [0.3, 0.4) is 0 Å². The van der Waals surface area contributed by atoms with Gasteiger partial charge in [0.1, 0.15) is 13.2 Å². The number of nitro groups is 1. The number of nitro benzene ring substituents is 1. The quantitative estimate of drug-likeness (QED) is 0.566. The third kappa shape index (κ3) is 3.27. The zero-order chi connectivity index (χ0) is 18.9. The van der Waals surface area contributed by atoms with E-state index in [9.17, 15) is 18.5 Å². The maximum atomic E-state index is 13.1. The number of rotatable bonds is 5. The van der Waals surface area contributed by atoms with Crippen molar-refractivity contribution in [3.8, 4) is 11.5 Å². The first kappa shape index (κ1) is 18.3. The van der Waals surface area contributed by atoms with Gasteiger partial charge < -0.3 is 9.47 Å². The van der Waals surface area contributed by atoms with Crippen LogP contribution in [0.25, 0.3) is 0 Å². The van der Waals surface area contributed by atoms with Gasteiger partial charge in [-0.2, -0.15) is 0 Å². The Morgan fingerprint density at radius 2 is 1.85 bits per heavy atom. The molecule has 0 atom stereocenters. The van der Waals surface area contributed by atoms with Gasteiger partial charge in [-0.05, 0) is 25.1 Å². The van der Waals surface area contributed by atoms with Crippen LogP contribution < -0.4 is 13.8 Å². The molecule has 0 spiro atoms. The van der Waals surface area contributed by atoms with Crippen LogP contribution in [0.5, 0.6) is 11.5 Å². The fourth-order valence-electron chi connectivity index (χ4n) is 2.59. The smallest absolute Gasteiger partial charge is 0.271 e. The van der Waals surface area contributed by atoms with Crippen LogP contribution in [-0.4, -0.2) is 33.1 Å². The van der Waals surface area contributed by atoms with Gasteiger partial charge in [0.25, 0.3) is 15.7 Å². The molecule has 1 aliphatic rings. The Morgan fingerprint density at radius 1 is 1.15 bits per heavy atom. The molecule has 0 amide bonds. The lowest BCUT2D eigenvalue weighted by Crippen LogP contribution is -2.31. The van der Waals surface area contributed by atoms with Gasteiger partial charge in [0.05, 0.1) is 20.5 Å². The van der Waals surface area contributed by atoms with Crippen LogP contribution in [0, 0.1) is 10.1 Å². The van der Waals surface area contributed by atoms with Gasteiger partial charge in [-0.25, -0.2) is 8.42 Å². The highest BCUT2D eigenvalue weighted by Gasteiger charge is 2.28. The van der Waals surface area contributed by atoms with Crippen molar-refractivity contribution in [2.24, 2.45) is 0 Å². The van der Waals surface area contributed by atoms with Crippen molar-refractivity contribution in [1.82, 2.24) is 0 Å². The highest BCUT2D eigenvalue weighted by Crippen LogP contribution is 2.36. The Labute approximate surface area is 155 Å². The number of hydrogen-bond donors (Lipinski definition) is 0. The molecule has 3 rings (SSSR count). The molecule has 2 aromatic rings. The summed E-state index contributed by atoms with van der Waals surface area (Å²) in [7, 11) is -4.01. The van der Waals surface area contributed by atoms with Gasteiger partial charge in [-0.1, -0.05) is 11.6 Å². The van der Waals surface area contributed by atoms with E-state index in [1.807, 2.05) is 0 Å². The molecule has 0 N–H and O–H groups in total. The molecule has 0 radical (unpaired) electrons. The molecule has 8 nitrogen and oxygen atoms in total. The van der Waals surface area contributed by atoms with Crippen molar-refractivity contribution >= 4 is 33.0 Å². The maximum absolute atomic E-state index is 13.1. The largest absolute Gasteiger partial charge is 0.486 e. The molecule has 1 aliphatic heterocycles. The number of sulfonamides is 1. The number of benzene rings is 2. The van der Waals surface area contributed by atoms with Crippen molar-refractivity contribution < 1.29 is 22.8 Å². The van der Waals surface area contributed by atoms with Crippen LogP contribution in [-0.2, 0) is 10.0 Å². The lowest BCUT2D eigenvalue weighted by atomic mass is 10.3. The maximum Gasteiger partial charge on any atom is 0.271 e. The molecule has 2 aromatic carbocycles. The van der Waals surface area contributed by atoms with Crippen LogP contribution >= 0.6 is 11.6 Å². The fourth-order valence-corrected chi connectivity index (χ4v) is 4.36. The second-order valence-electron chi connectivity index (χ2n) is 5.37. The lowest BCUT2D eigenvalue weighted by Gasteiger charge is -2.25. The van der Waals surface area contributed by atoms with Crippen LogP contribution in [0.2, 0.25) is 5.02 Å². The summed E-state index contributed by atoms with van der Waals surface area (Å²) >= 11 is 6.11. The first-order chi connectivity index (χ1) is 12.3. The van der Waals surface area contributed by atoms with E-state index in [1.165, 1.54) is 30.3 Å². The number of fused-ring (bicyclic) bond motifs is 1. The minimum atomic E-state index is -4.01. The van der Waals surface area contributed by atoms with Crippen molar-refractivity contribution in [2.45, 2.75) is 11.8 Å². The van der Waals surface area contributed by atoms with Gasteiger partial charge in [0, 0.05) is 24.7 Å². The second-order valence-corrected chi connectivity index (χ2v) is 7.64. The SMILES string of the molecule is CCN(c1cc([N+](=O)[O-])ccc1Cl)S(=O)(=O)c1ccc2c(c1)OCCO2. The van der Waals surface area contributed by atoms with Crippen LogP contribution in [0.1, 0.15) is 6.92 Å². The molecule has 0 bridgehead atoms. The van der Waals surface area contributed by atoms with Crippen molar-refractivity contribution in [1.29, 1.82) is 0 Å². The standard InChI is InChI=1S/C16H15ClN2O6S/c1-2-18(14-9-11(19(20)21)3-5-13(14)17)26(22,23)12-4-6-15-16(10-12)25-8-7-24-15/h3-6,9-10H,2,7-8H2,1H3. The summed E-state index contributed by atoms with van der Waals surface area (Å²) in [6.07, 6.45) is 0. The number of halogens is 1. The molecule has 1 heterocycles. The Bertz CT molecular complexity index is 963. The molecule has 26 heavy (non-hydrogen) atoms. The number of anilines is 1. The predicted molar refractivity (Wildman–Crippen MR) is 95.7 cm³/mol. The summed E-state index contributed by atoms with van der Waals surface area (Å²) in [5.74, 6) is 0.796. The van der Waals surface area contributed by atoms with E-state index in [4.69, 9.17) is 21.1 Å². The third-order valence-electron chi connectivity index (χ3n) is 3.80. The second kappa shape index (κ2) is 7.00. The summed E-state index contributed by atoms with van der Waals surface area (Å²) < 4.78 is 38.0. The van der Waals surface area contributed by atoms with Gasteiger partial charge in [0.15, 0.2) is 11.5 Å². The van der Waals surface area contributed by atoms with Crippen molar-refractivity contribution in [3.63, 3.8) is 0 Å². The molecular weight excluding hydrogens is 384 g/mol. The molecule has 0 unspecified atom stereocenters. The molecular formula is C16H15ClN2O6S.